The van der Waals surface area contributed by atoms with E-state index in [0.29, 0.717) is 34.9 Å². The average molecular weight is 470 g/mol. The lowest BCUT2D eigenvalue weighted by atomic mass is 10.2. The maximum absolute atomic E-state index is 6.25. The second kappa shape index (κ2) is 8.78. The quantitative estimate of drug-likeness (QED) is 0.393. The summed E-state index contributed by atoms with van der Waals surface area (Å²) in [5, 5.41) is 8.79. The van der Waals surface area contributed by atoms with Crippen LogP contribution in [-0.2, 0) is 0 Å². The van der Waals surface area contributed by atoms with Gasteiger partial charge in [-0.05, 0) is 24.4 Å². The SMILES string of the molecule is COc1cc(-n2cnc(Nc3nc(Cl)nc4c3cnn4C3CCCC3)c2)cc(OC)c1OC. The van der Waals surface area contributed by atoms with E-state index in [1.807, 2.05) is 27.6 Å². The van der Waals surface area contributed by atoms with Gasteiger partial charge in [-0.1, -0.05) is 12.8 Å². The van der Waals surface area contributed by atoms with Gasteiger partial charge in [0, 0.05) is 12.1 Å². The van der Waals surface area contributed by atoms with Gasteiger partial charge >= 0.3 is 0 Å². The van der Waals surface area contributed by atoms with Crippen molar-refractivity contribution in [2.24, 2.45) is 0 Å². The summed E-state index contributed by atoms with van der Waals surface area (Å²) in [4.78, 5) is 13.3. The van der Waals surface area contributed by atoms with Gasteiger partial charge in [0.25, 0.3) is 0 Å². The molecule has 0 amide bonds. The predicted molar refractivity (Wildman–Crippen MR) is 124 cm³/mol. The first kappa shape index (κ1) is 21.3. The highest BCUT2D eigenvalue weighted by molar-refractivity contribution is 6.28. The van der Waals surface area contributed by atoms with Gasteiger partial charge < -0.3 is 24.1 Å². The van der Waals surface area contributed by atoms with Gasteiger partial charge in [0.1, 0.15) is 18.0 Å². The molecule has 0 spiro atoms. The monoisotopic (exact) mass is 469 g/mol. The summed E-state index contributed by atoms with van der Waals surface area (Å²) in [6.45, 7) is 0. The minimum atomic E-state index is 0.161. The molecule has 3 heterocycles. The molecule has 1 aliphatic rings. The van der Waals surface area contributed by atoms with Gasteiger partial charge in [-0.25, -0.2) is 9.67 Å². The molecule has 0 aliphatic heterocycles. The molecule has 10 nitrogen and oxygen atoms in total. The van der Waals surface area contributed by atoms with Crippen LogP contribution in [0, 0.1) is 0 Å². The lowest BCUT2D eigenvalue weighted by Crippen LogP contribution is -2.07. The number of hydrogen-bond acceptors (Lipinski definition) is 8. The van der Waals surface area contributed by atoms with Gasteiger partial charge in [-0.3, -0.25) is 0 Å². The molecule has 1 fully saturated rings. The molecule has 1 N–H and O–H groups in total. The fourth-order valence-corrected chi connectivity index (χ4v) is 4.44. The number of hydrogen-bond donors (Lipinski definition) is 1. The Kier molecular flexibility index (Phi) is 5.67. The Morgan fingerprint density at radius 1 is 1.03 bits per heavy atom. The van der Waals surface area contributed by atoms with Crippen molar-refractivity contribution in [1.29, 1.82) is 0 Å². The molecule has 33 heavy (non-hydrogen) atoms. The minimum absolute atomic E-state index is 0.161. The third kappa shape index (κ3) is 3.91. The highest BCUT2D eigenvalue weighted by Gasteiger charge is 2.22. The summed E-state index contributed by atoms with van der Waals surface area (Å²) in [5.74, 6) is 2.79. The predicted octanol–water partition coefficient (Wildman–Crippen LogP) is 4.55. The van der Waals surface area contributed by atoms with E-state index in [2.05, 4.69) is 25.4 Å². The number of methoxy groups -OCH3 is 3. The Hall–Kier alpha value is -3.53. The van der Waals surface area contributed by atoms with Crippen LogP contribution in [0.1, 0.15) is 31.7 Å². The van der Waals surface area contributed by atoms with Gasteiger partial charge in [0.2, 0.25) is 11.0 Å². The van der Waals surface area contributed by atoms with E-state index in [0.717, 1.165) is 29.6 Å². The zero-order valence-corrected chi connectivity index (χ0v) is 19.3. The largest absolute Gasteiger partial charge is 0.493 e. The first-order chi connectivity index (χ1) is 16.1. The van der Waals surface area contributed by atoms with Crippen LogP contribution < -0.4 is 19.5 Å². The lowest BCUT2D eigenvalue weighted by molar-refractivity contribution is 0.324. The van der Waals surface area contributed by atoms with Crippen LogP contribution in [0.2, 0.25) is 5.28 Å². The molecule has 0 saturated heterocycles. The Balaban J connectivity index is 1.47. The number of benzene rings is 1. The Morgan fingerprint density at radius 3 is 2.42 bits per heavy atom. The molecule has 0 radical (unpaired) electrons. The summed E-state index contributed by atoms with van der Waals surface area (Å²) >= 11 is 6.25. The number of imidazole rings is 1. The Labute approximate surface area is 195 Å². The highest BCUT2D eigenvalue weighted by Crippen LogP contribution is 2.39. The van der Waals surface area contributed by atoms with E-state index >= 15 is 0 Å². The van der Waals surface area contributed by atoms with E-state index in [1.165, 1.54) is 12.8 Å². The summed E-state index contributed by atoms with van der Waals surface area (Å²) in [7, 11) is 4.73. The van der Waals surface area contributed by atoms with Crippen molar-refractivity contribution >= 4 is 34.3 Å². The Morgan fingerprint density at radius 2 is 1.76 bits per heavy atom. The second-order valence-corrected chi connectivity index (χ2v) is 8.12. The van der Waals surface area contributed by atoms with Crippen molar-refractivity contribution in [2.45, 2.75) is 31.7 Å². The number of nitrogens with one attached hydrogen (secondary N) is 1. The first-order valence-electron chi connectivity index (χ1n) is 10.6. The van der Waals surface area contributed by atoms with Crippen LogP contribution >= 0.6 is 11.6 Å². The molecule has 1 saturated carbocycles. The smallest absolute Gasteiger partial charge is 0.226 e. The Bertz CT molecular complexity index is 1270. The number of halogens is 1. The normalized spacial score (nSPS) is 14.1. The minimum Gasteiger partial charge on any atom is -0.493 e. The van der Waals surface area contributed by atoms with E-state index in [1.54, 1.807) is 33.9 Å². The van der Waals surface area contributed by atoms with E-state index in [-0.39, 0.29) is 5.28 Å². The lowest BCUT2D eigenvalue weighted by Gasteiger charge is -2.14. The number of anilines is 2. The number of ether oxygens (including phenoxy) is 3. The van der Waals surface area contributed by atoms with Gasteiger partial charge in [0.15, 0.2) is 17.1 Å². The third-order valence-corrected chi connectivity index (χ3v) is 6.04. The summed E-state index contributed by atoms with van der Waals surface area (Å²) in [6.07, 6.45) is 9.90. The van der Waals surface area contributed by atoms with Crippen LogP contribution in [-0.4, -0.2) is 50.6 Å². The second-order valence-electron chi connectivity index (χ2n) is 7.78. The van der Waals surface area contributed by atoms with Crippen LogP contribution in [0.25, 0.3) is 16.7 Å². The molecule has 172 valence electrons. The summed E-state index contributed by atoms with van der Waals surface area (Å²) < 4.78 is 20.1. The van der Waals surface area contributed by atoms with Crippen molar-refractivity contribution in [3.05, 3.63) is 36.1 Å². The van der Waals surface area contributed by atoms with Crippen molar-refractivity contribution in [1.82, 2.24) is 29.3 Å². The molecule has 11 heteroatoms. The topological polar surface area (TPSA) is 101 Å². The summed E-state index contributed by atoms with van der Waals surface area (Å²) in [6, 6.07) is 4.04. The van der Waals surface area contributed by atoms with Crippen molar-refractivity contribution in [2.75, 3.05) is 26.6 Å². The van der Waals surface area contributed by atoms with E-state index in [9.17, 15) is 0 Å². The van der Waals surface area contributed by atoms with Crippen molar-refractivity contribution < 1.29 is 14.2 Å². The van der Waals surface area contributed by atoms with Crippen LogP contribution in [0.4, 0.5) is 11.6 Å². The number of aromatic nitrogens is 6. The fourth-order valence-electron chi connectivity index (χ4n) is 4.28. The van der Waals surface area contributed by atoms with E-state index in [4.69, 9.17) is 25.8 Å². The van der Waals surface area contributed by atoms with Crippen LogP contribution in [0.5, 0.6) is 17.2 Å². The zero-order valence-electron chi connectivity index (χ0n) is 18.6. The number of nitrogens with zero attached hydrogens (tertiary/aromatic N) is 6. The number of fused-ring (bicyclic) bond motifs is 1. The molecular formula is C22H24ClN7O3. The number of rotatable bonds is 7. The van der Waals surface area contributed by atoms with Crippen molar-refractivity contribution in [3.8, 4) is 22.9 Å². The van der Waals surface area contributed by atoms with Crippen LogP contribution in [0.15, 0.2) is 30.9 Å². The third-order valence-electron chi connectivity index (χ3n) is 5.87. The molecule has 1 aromatic carbocycles. The fraction of sp³-hybridized carbons (Fsp3) is 0.364. The van der Waals surface area contributed by atoms with Crippen LogP contribution in [0.3, 0.4) is 0 Å². The highest BCUT2D eigenvalue weighted by atomic mass is 35.5. The van der Waals surface area contributed by atoms with E-state index < -0.39 is 0 Å². The molecule has 0 atom stereocenters. The molecular weight excluding hydrogens is 446 g/mol. The molecule has 0 bridgehead atoms. The van der Waals surface area contributed by atoms with Crippen molar-refractivity contribution in [3.63, 3.8) is 0 Å². The zero-order chi connectivity index (χ0) is 22.9. The molecule has 4 aromatic rings. The standard InChI is InChI=1S/C22H24ClN7O3/c1-31-16-8-14(9-17(32-2)19(16)33-3)29-11-18(24-12-29)26-20-15-10-25-30(13-6-4-5-7-13)21(15)28-22(23)27-20/h8-13H,4-7H2,1-3H3,(H,26,27,28). The maximum atomic E-state index is 6.25. The molecule has 0 unspecified atom stereocenters. The maximum Gasteiger partial charge on any atom is 0.226 e. The first-order valence-corrected chi connectivity index (χ1v) is 11.0. The molecule has 3 aromatic heterocycles. The summed E-state index contributed by atoms with van der Waals surface area (Å²) in [5.41, 5.74) is 1.53. The van der Waals surface area contributed by atoms with Gasteiger partial charge in [-0.15, -0.1) is 0 Å². The molecule has 5 rings (SSSR count). The average Bonchev–Trinajstić information content (AvgIpc) is 3.58. The molecule has 1 aliphatic carbocycles. The van der Waals surface area contributed by atoms with Gasteiger partial charge in [-0.2, -0.15) is 15.1 Å². The van der Waals surface area contributed by atoms with Gasteiger partial charge in [0.05, 0.1) is 50.8 Å².